The highest BCUT2D eigenvalue weighted by molar-refractivity contribution is 6.08. The maximum absolute atomic E-state index is 11.3. The van der Waals surface area contributed by atoms with Gasteiger partial charge in [-0.3, -0.25) is 15.6 Å². The fraction of sp³-hybridized carbons (Fsp3) is 0.333. The van der Waals surface area contributed by atoms with E-state index in [0.29, 0.717) is 11.1 Å². The third kappa shape index (κ3) is 1.78. The number of hydrogen-bond acceptors (Lipinski definition) is 6. The summed E-state index contributed by atoms with van der Waals surface area (Å²) in [5.41, 5.74) is 0.852. The Bertz CT molecular complexity index is 404. The Morgan fingerprint density at radius 1 is 0.933 bits per heavy atom. The Morgan fingerprint density at radius 2 is 1.60 bits per heavy atom. The molecule has 0 aromatic rings. The third-order valence-electron chi connectivity index (χ3n) is 2.20. The molecule has 0 aromatic carbocycles. The average molecular weight is 208 g/mol. The minimum atomic E-state index is -0.586. The molecule has 2 rings (SSSR count). The monoisotopic (exact) mass is 208 g/mol. The molecule has 78 valence electrons. The van der Waals surface area contributed by atoms with Crippen LogP contribution in [0.5, 0.6) is 0 Å². The third-order valence-corrected chi connectivity index (χ3v) is 2.20. The van der Waals surface area contributed by atoms with Crippen LogP contribution in [0, 0.1) is 10.8 Å². The number of hydrogen-bond donors (Lipinski definition) is 2. The van der Waals surface area contributed by atoms with Crippen LogP contribution in [-0.2, 0) is 19.1 Å². The molecule has 6 heteroatoms. The molecule has 0 aliphatic carbocycles. The lowest BCUT2D eigenvalue weighted by Crippen LogP contribution is -2.21. The zero-order chi connectivity index (χ0) is 11.0. The molecular formula is C9H8N2O4. The molecule has 2 aliphatic heterocycles. The SMILES string of the molecule is N=C1C/C(=C2/CC(=N)OC2=O)CC(=O)O1. The van der Waals surface area contributed by atoms with Gasteiger partial charge in [0.15, 0.2) is 11.8 Å². The van der Waals surface area contributed by atoms with E-state index in [1.807, 2.05) is 0 Å². The van der Waals surface area contributed by atoms with E-state index in [1.165, 1.54) is 0 Å². The molecule has 0 saturated carbocycles. The highest BCUT2D eigenvalue weighted by Gasteiger charge is 2.31. The van der Waals surface area contributed by atoms with Crippen molar-refractivity contribution in [2.75, 3.05) is 0 Å². The first kappa shape index (κ1) is 9.57. The van der Waals surface area contributed by atoms with Crippen LogP contribution in [0.1, 0.15) is 19.3 Å². The summed E-state index contributed by atoms with van der Waals surface area (Å²) in [6.07, 6.45) is 0.248. The predicted octanol–water partition coefficient (Wildman–Crippen LogP) is 0.521. The van der Waals surface area contributed by atoms with Crippen LogP contribution in [0.3, 0.4) is 0 Å². The van der Waals surface area contributed by atoms with Gasteiger partial charge in [0.25, 0.3) is 0 Å². The van der Waals surface area contributed by atoms with E-state index in [-0.39, 0.29) is 31.1 Å². The summed E-state index contributed by atoms with van der Waals surface area (Å²) in [5.74, 6) is -1.41. The highest BCUT2D eigenvalue weighted by Crippen LogP contribution is 2.26. The molecule has 6 nitrogen and oxygen atoms in total. The van der Waals surface area contributed by atoms with Crippen LogP contribution < -0.4 is 0 Å². The number of cyclic esters (lactones) is 2. The van der Waals surface area contributed by atoms with Crippen molar-refractivity contribution in [2.24, 2.45) is 0 Å². The van der Waals surface area contributed by atoms with Gasteiger partial charge in [0, 0.05) is 12.0 Å². The molecule has 2 aliphatic rings. The number of carbonyl (C=O) groups is 2. The summed E-state index contributed by atoms with van der Waals surface area (Å²) in [6.45, 7) is 0. The Balaban J connectivity index is 2.32. The Morgan fingerprint density at radius 3 is 2.13 bits per heavy atom. The molecule has 2 heterocycles. The molecular weight excluding hydrogens is 200 g/mol. The first-order chi connectivity index (χ1) is 7.06. The first-order valence-electron chi connectivity index (χ1n) is 4.35. The van der Waals surface area contributed by atoms with Gasteiger partial charge in [0.05, 0.1) is 12.8 Å². The van der Waals surface area contributed by atoms with Crippen LogP contribution in [0.4, 0.5) is 0 Å². The van der Waals surface area contributed by atoms with Gasteiger partial charge in [-0.25, -0.2) is 4.79 Å². The molecule has 2 fully saturated rings. The van der Waals surface area contributed by atoms with Crippen LogP contribution in [0.25, 0.3) is 0 Å². The van der Waals surface area contributed by atoms with E-state index in [9.17, 15) is 9.59 Å². The van der Waals surface area contributed by atoms with Crippen LogP contribution in [0.15, 0.2) is 11.1 Å². The summed E-state index contributed by atoms with van der Waals surface area (Å²) < 4.78 is 9.10. The van der Waals surface area contributed by atoms with Gasteiger partial charge in [-0.2, -0.15) is 0 Å². The number of ether oxygens (including phenoxy) is 2. The lowest BCUT2D eigenvalue weighted by atomic mass is 9.99. The lowest BCUT2D eigenvalue weighted by molar-refractivity contribution is -0.135. The minimum Gasteiger partial charge on any atom is -0.412 e. The van der Waals surface area contributed by atoms with E-state index in [0.717, 1.165) is 0 Å². The van der Waals surface area contributed by atoms with E-state index in [2.05, 4.69) is 9.47 Å². The van der Waals surface area contributed by atoms with Gasteiger partial charge in [-0.15, -0.1) is 0 Å². The number of rotatable bonds is 0. The molecule has 0 atom stereocenters. The largest absolute Gasteiger partial charge is 0.412 e. The molecule has 0 spiro atoms. The summed E-state index contributed by atoms with van der Waals surface area (Å²) >= 11 is 0. The Labute approximate surface area is 84.9 Å². The van der Waals surface area contributed by atoms with Crippen molar-refractivity contribution in [3.63, 3.8) is 0 Å². The van der Waals surface area contributed by atoms with Crippen molar-refractivity contribution in [3.05, 3.63) is 11.1 Å². The summed E-state index contributed by atoms with van der Waals surface area (Å²) in [7, 11) is 0. The molecule has 0 aromatic heterocycles. The fourth-order valence-corrected chi connectivity index (χ4v) is 1.57. The summed E-state index contributed by atoms with van der Waals surface area (Å²) in [6, 6.07) is 0. The first-order valence-corrected chi connectivity index (χ1v) is 4.35. The zero-order valence-electron chi connectivity index (χ0n) is 7.75. The standard InChI is InChI=1S/C9H8N2O4/c10-6-1-4(2-8(12)14-6)5-3-7(11)15-9(5)13/h10-11H,1-3H2/b5-4+,10-6?,11-7?. The molecule has 0 bridgehead atoms. The predicted molar refractivity (Wildman–Crippen MR) is 48.5 cm³/mol. The average Bonchev–Trinajstić information content (AvgIpc) is 2.43. The number of carbonyl (C=O) groups excluding carboxylic acids is 2. The van der Waals surface area contributed by atoms with Gasteiger partial charge in [0.1, 0.15) is 0 Å². The minimum absolute atomic E-state index is 0.0000926. The molecule has 2 N–H and O–H groups in total. The van der Waals surface area contributed by atoms with Gasteiger partial charge < -0.3 is 9.47 Å². The molecule has 0 radical (unpaired) electrons. The quantitative estimate of drug-likeness (QED) is 0.447. The summed E-state index contributed by atoms with van der Waals surface area (Å²) in [5, 5.41) is 14.4. The van der Waals surface area contributed by atoms with E-state index in [1.54, 1.807) is 0 Å². The van der Waals surface area contributed by atoms with Gasteiger partial charge >= 0.3 is 11.9 Å². The molecule has 2 saturated heterocycles. The molecule has 15 heavy (non-hydrogen) atoms. The smallest absolute Gasteiger partial charge is 0.340 e. The number of nitrogens with one attached hydrogen (secondary N) is 2. The van der Waals surface area contributed by atoms with Crippen molar-refractivity contribution in [1.82, 2.24) is 0 Å². The normalized spacial score (nSPS) is 26.7. The van der Waals surface area contributed by atoms with Crippen LogP contribution >= 0.6 is 0 Å². The lowest BCUT2D eigenvalue weighted by Gasteiger charge is -2.15. The van der Waals surface area contributed by atoms with E-state index >= 15 is 0 Å². The second-order valence-corrected chi connectivity index (χ2v) is 3.32. The topological polar surface area (TPSA) is 100 Å². The van der Waals surface area contributed by atoms with Crippen LogP contribution in [0.2, 0.25) is 0 Å². The van der Waals surface area contributed by atoms with Crippen molar-refractivity contribution < 1.29 is 19.1 Å². The maximum Gasteiger partial charge on any atom is 0.340 e. The van der Waals surface area contributed by atoms with Crippen molar-refractivity contribution in [1.29, 1.82) is 10.8 Å². The van der Waals surface area contributed by atoms with E-state index in [4.69, 9.17) is 10.8 Å². The summed E-state index contributed by atoms with van der Waals surface area (Å²) in [4.78, 5) is 22.3. The molecule has 0 amide bonds. The number of esters is 2. The van der Waals surface area contributed by atoms with Crippen molar-refractivity contribution in [3.8, 4) is 0 Å². The second-order valence-electron chi connectivity index (χ2n) is 3.32. The Kier molecular flexibility index (Phi) is 2.11. The fourth-order valence-electron chi connectivity index (χ4n) is 1.57. The maximum atomic E-state index is 11.3. The van der Waals surface area contributed by atoms with Crippen molar-refractivity contribution >= 4 is 23.7 Å². The zero-order valence-corrected chi connectivity index (χ0v) is 7.75. The van der Waals surface area contributed by atoms with Gasteiger partial charge in [-0.1, -0.05) is 0 Å². The van der Waals surface area contributed by atoms with Gasteiger partial charge in [-0.05, 0) is 5.57 Å². The van der Waals surface area contributed by atoms with Crippen molar-refractivity contribution in [2.45, 2.75) is 19.3 Å². The van der Waals surface area contributed by atoms with E-state index < -0.39 is 11.9 Å². The Hall–Kier alpha value is -1.98. The highest BCUT2D eigenvalue weighted by atomic mass is 16.6. The van der Waals surface area contributed by atoms with Gasteiger partial charge in [0.2, 0.25) is 0 Å². The molecule has 0 unspecified atom stereocenters. The second kappa shape index (κ2) is 3.30. The van der Waals surface area contributed by atoms with Crippen LogP contribution in [-0.4, -0.2) is 23.7 Å².